The highest BCUT2D eigenvalue weighted by Crippen LogP contribution is 2.54. The average Bonchev–Trinajstić information content (AvgIpc) is 3.31. The van der Waals surface area contributed by atoms with Gasteiger partial charge in [-0.1, -0.05) is 84.9 Å². The van der Waals surface area contributed by atoms with Crippen molar-refractivity contribution >= 4 is 0 Å². The molecule has 0 aromatic heterocycles. The molecule has 0 radical (unpaired) electrons. The minimum atomic E-state index is -0.163. The van der Waals surface area contributed by atoms with Crippen molar-refractivity contribution in [1.82, 2.24) is 5.06 Å². The molecule has 148 valence electrons. The normalized spacial score (nSPS) is 29.1. The minimum Gasteiger partial charge on any atom is -0.289 e. The van der Waals surface area contributed by atoms with Crippen molar-refractivity contribution in [2.24, 2.45) is 0 Å². The Balaban J connectivity index is 1.57. The predicted molar refractivity (Wildman–Crippen MR) is 117 cm³/mol. The molecule has 2 heteroatoms. The van der Waals surface area contributed by atoms with Crippen LogP contribution in [0.25, 0.3) is 0 Å². The maximum atomic E-state index is 6.97. The molecular formula is C27H29NO. The SMILES string of the molecule is C[C@@]1(c2ccccc2)CC[C@@](C)(c2ccccc2)N1OC1CCc2ccccc21. The lowest BCUT2D eigenvalue weighted by atomic mass is 9.89. The molecular weight excluding hydrogens is 354 g/mol. The van der Waals surface area contributed by atoms with E-state index in [4.69, 9.17) is 4.84 Å². The molecule has 1 aliphatic heterocycles. The highest BCUT2D eigenvalue weighted by Gasteiger charge is 2.53. The van der Waals surface area contributed by atoms with E-state index in [1.807, 2.05) is 0 Å². The average molecular weight is 384 g/mol. The lowest BCUT2D eigenvalue weighted by Crippen LogP contribution is -2.48. The van der Waals surface area contributed by atoms with E-state index in [-0.39, 0.29) is 17.2 Å². The van der Waals surface area contributed by atoms with Crippen LogP contribution in [0.2, 0.25) is 0 Å². The van der Waals surface area contributed by atoms with Crippen molar-refractivity contribution < 1.29 is 4.84 Å². The highest BCUT2D eigenvalue weighted by molar-refractivity contribution is 5.34. The number of benzene rings is 3. The third-order valence-corrected chi connectivity index (χ3v) is 7.10. The van der Waals surface area contributed by atoms with Crippen molar-refractivity contribution in [3.8, 4) is 0 Å². The van der Waals surface area contributed by atoms with Gasteiger partial charge in [-0.05, 0) is 61.8 Å². The second-order valence-corrected chi connectivity index (χ2v) is 8.91. The maximum absolute atomic E-state index is 6.97. The third-order valence-electron chi connectivity index (χ3n) is 7.10. The lowest BCUT2D eigenvalue weighted by molar-refractivity contribution is -0.285. The van der Waals surface area contributed by atoms with Crippen molar-refractivity contribution in [2.75, 3.05) is 0 Å². The van der Waals surface area contributed by atoms with Gasteiger partial charge in [0.2, 0.25) is 0 Å². The summed E-state index contributed by atoms with van der Waals surface area (Å²) in [5, 5.41) is 2.34. The van der Waals surface area contributed by atoms with Gasteiger partial charge in [0.25, 0.3) is 0 Å². The molecule has 1 saturated heterocycles. The van der Waals surface area contributed by atoms with Gasteiger partial charge in [0, 0.05) is 0 Å². The van der Waals surface area contributed by atoms with Crippen LogP contribution in [0.5, 0.6) is 0 Å². The van der Waals surface area contributed by atoms with Gasteiger partial charge in [-0.15, -0.1) is 0 Å². The summed E-state index contributed by atoms with van der Waals surface area (Å²) in [4.78, 5) is 6.97. The summed E-state index contributed by atoms with van der Waals surface area (Å²) < 4.78 is 0. The van der Waals surface area contributed by atoms with Crippen LogP contribution in [0.1, 0.15) is 61.5 Å². The molecule has 29 heavy (non-hydrogen) atoms. The Hall–Kier alpha value is -2.42. The molecule has 0 bridgehead atoms. The van der Waals surface area contributed by atoms with Crippen molar-refractivity contribution in [1.29, 1.82) is 0 Å². The Labute approximate surface area is 174 Å². The smallest absolute Gasteiger partial charge is 0.105 e. The summed E-state index contributed by atoms with van der Waals surface area (Å²) in [5.74, 6) is 0. The van der Waals surface area contributed by atoms with Crippen LogP contribution in [0.15, 0.2) is 84.9 Å². The second kappa shape index (κ2) is 7.12. The Morgan fingerprint density at radius 3 is 1.83 bits per heavy atom. The quantitative estimate of drug-likeness (QED) is 0.508. The van der Waals surface area contributed by atoms with Crippen LogP contribution >= 0.6 is 0 Å². The summed E-state index contributed by atoms with van der Waals surface area (Å²) in [6, 6.07) is 30.5. The summed E-state index contributed by atoms with van der Waals surface area (Å²) in [6.07, 6.45) is 4.40. The highest BCUT2D eigenvalue weighted by atomic mass is 16.7. The van der Waals surface area contributed by atoms with Crippen LogP contribution in [0, 0.1) is 0 Å². The first-order valence-electron chi connectivity index (χ1n) is 10.8. The van der Waals surface area contributed by atoms with Gasteiger partial charge in [-0.2, -0.15) is 5.06 Å². The van der Waals surface area contributed by atoms with E-state index in [1.54, 1.807) is 0 Å². The molecule has 0 saturated carbocycles. The topological polar surface area (TPSA) is 12.5 Å². The zero-order valence-electron chi connectivity index (χ0n) is 17.3. The minimum absolute atomic E-state index is 0.121. The Morgan fingerprint density at radius 1 is 0.724 bits per heavy atom. The van der Waals surface area contributed by atoms with Crippen LogP contribution in [0.3, 0.4) is 0 Å². The molecule has 2 nitrogen and oxygen atoms in total. The summed E-state index contributed by atoms with van der Waals surface area (Å²) in [6.45, 7) is 4.69. The molecule has 3 aromatic rings. The fourth-order valence-electron chi connectivity index (χ4n) is 5.34. The largest absolute Gasteiger partial charge is 0.289 e. The van der Waals surface area contributed by atoms with Gasteiger partial charge in [0.05, 0.1) is 11.1 Å². The van der Waals surface area contributed by atoms with E-state index < -0.39 is 0 Å². The van der Waals surface area contributed by atoms with Crippen molar-refractivity contribution in [3.63, 3.8) is 0 Å². The van der Waals surface area contributed by atoms with Gasteiger partial charge in [-0.25, -0.2) is 0 Å². The summed E-state index contributed by atoms with van der Waals surface area (Å²) in [7, 11) is 0. The number of fused-ring (bicyclic) bond motifs is 1. The molecule has 1 heterocycles. The predicted octanol–water partition coefficient (Wildman–Crippen LogP) is 6.53. The van der Waals surface area contributed by atoms with E-state index in [0.717, 1.165) is 25.7 Å². The fraction of sp³-hybridized carbons (Fsp3) is 0.333. The maximum Gasteiger partial charge on any atom is 0.105 e. The van der Waals surface area contributed by atoms with E-state index in [0.29, 0.717) is 0 Å². The van der Waals surface area contributed by atoms with Crippen LogP contribution in [-0.4, -0.2) is 5.06 Å². The van der Waals surface area contributed by atoms with Crippen LogP contribution < -0.4 is 0 Å². The Bertz CT molecular complexity index is 932. The molecule has 1 aliphatic carbocycles. The lowest BCUT2D eigenvalue weighted by Gasteiger charge is -2.44. The summed E-state index contributed by atoms with van der Waals surface area (Å²) in [5.41, 5.74) is 5.11. The van der Waals surface area contributed by atoms with Crippen molar-refractivity contribution in [2.45, 2.75) is 56.7 Å². The van der Waals surface area contributed by atoms with E-state index >= 15 is 0 Å². The first-order chi connectivity index (χ1) is 14.1. The number of rotatable bonds is 4. The monoisotopic (exact) mass is 383 g/mol. The number of hydrogen-bond acceptors (Lipinski definition) is 2. The Morgan fingerprint density at radius 2 is 1.24 bits per heavy atom. The van der Waals surface area contributed by atoms with Gasteiger partial charge in [-0.3, -0.25) is 4.84 Å². The Kier molecular flexibility index (Phi) is 4.57. The van der Waals surface area contributed by atoms with E-state index in [2.05, 4.69) is 104 Å². The van der Waals surface area contributed by atoms with Crippen LogP contribution in [0.4, 0.5) is 0 Å². The van der Waals surface area contributed by atoms with E-state index in [9.17, 15) is 0 Å². The van der Waals surface area contributed by atoms with Gasteiger partial charge < -0.3 is 0 Å². The first-order valence-corrected chi connectivity index (χ1v) is 10.8. The molecule has 0 amide bonds. The third kappa shape index (κ3) is 3.02. The molecule has 2 aliphatic rings. The first kappa shape index (κ1) is 18.6. The number of hydrogen-bond donors (Lipinski definition) is 0. The summed E-state index contributed by atoms with van der Waals surface area (Å²) >= 11 is 0. The van der Waals surface area contributed by atoms with Crippen LogP contribution in [-0.2, 0) is 22.3 Å². The zero-order valence-corrected chi connectivity index (χ0v) is 17.3. The molecule has 0 spiro atoms. The van der Waals surface area contributed by atoms with Crippen molar-refractivity contribution in [3.05, 3.63) is 107 Å². The van der Waals surface area contributed by atoms with Gasteiger partial charge in [0.1, 0.15) is 6.10 Å². The fourth-order valence-corrected chi connectivity index (χ4v) is 5.34. The van der Waals surface area contributed by atoms with E-state index in [1.165, 1.54) is 22.3 Å². The standard InChI is InChI=1S/C27H29NO/c1-26(22-12-5-3-6-13-22)19-20-27(2,23-14-7-4-8-15-23)28(26)29-25-18-17-21-11-9-10-16-24(21)25/h3-16,25H,17-20H2,1-2H3/t25?,26-,27-/m0/s1. The number of aryl methyl sites for hydroxylation is 1. The number of hydroxylamine groups is 2. The van der Waals surface area contributed by atoms with Gasteiger partial charge >= 0.3 is 0 Å². The molecule has 3 atom stereocenters. The number of nitrogens with zero attached hydrogens (tertiary/aromatic N) is 1. The zero-order chi connectivity index (χ0) is 19.9. The molecule has 5 rings (SSSR count). The second-order valence-electron chi connectivity index (χ2n) is 8.91. The molecule has 0 N–H and O–H groups in total. The molecule has 1 unspecified atom stereocenters. The molecule has 3 aromatic carbocycles. The van der Waals surface area contributed by atoms with Gasteiger partial charge in [0.15, 0.2) is 0 Å². The molecule has 1 fully saturated rings.